The van der Waals surface area contributed by atoms with Gasteiger partial charge in [-0.2, -0.15) is 0 Å². The van der Waals surface area contributed by atoms with Crippen LogP contribution in [-0.4, -0.2) is 27.6 Å². The van der Waals surface area contributed by atoms with Crippen LogP contribution < -0.4 is 9.47 Å². The molecule has 8 nitrogen and oxygen atoms in total. The molecule has 3 aromatic carbocycles. The first kappa shape index (κ1) is 24.9. The van der Waals surface area contributed by atoms with E-state index >= 15 is 0 Å². The van der Waals surface area contributed by atoms with E-state index in [0.717, 1.165) is 22.2 Å². The van der Waals surface area contributed by atoms with Crippen molar-refractivity contribution in [3.63, 3.8) is 0 Å². The van der Waals surface area contributed by atoms with Gasteiger partial charge >= 0.3 is 0 Å². The Labute approximate surface area is 210 Å². The molecule has 0 aromatic heterocycles. The molecule has 2 amide bonds. The summed E-state index contributed by atoms with van der Waals surface area (Å²) in [6.07, 6.45) is 1.58. The summed E-state index contributed by atoms with van der Waals surface area (Å²) < 4.78 is 25.5. The fourth-order valence-electron chi connectivity index (χ4n) is 3.46. The number of hydrogen-bond donors (Lipinski definition) is 0. The van der Waals surface area contributed by atoms with E-state index in [2.05, 4.69) is 0 Å². The molecule has 0 unspecified atom stereocenters. The minimum Gasteiger partial charge on any atom is -0.490 e. The Morgan fingerprint density at radius 1 is 1.03 bits per heavy atom. The second-order valence-corrected chi connectivity index (χ2v) is 8.70. The van der Waals surface area contributed by atoms with Crippen LogP contribution in [-0.2, 0) is 17.9 Å². The van der Waals surface area contributed by atoms with E-state index in [1.54, 1.807) is 48.5 Å². The van der Waals surface area contributed by atoms with Gasteiger partial charge in [0.15, 0.2) is 11.5 Å². The van der Waals surface area contributed by atoms with Crippen molar-refractivity contribution in [2.75, 3.05) is 6.61 Å². The second kappa shape index (κ2) is 11.0. The Balaban J connectivity index is 1.49. The van der Waals surface area contributed by atoms with Gasteiger partial charge < -0.3 is 9.47 Å². The first-order chi connectivity index (χ1) is 17.4. The van der Waals surface area contributed by atoms with Crippen molar-refractivity contribution in [1.29, 1.82) is 0 Å². The van der Waals surface area contributed by atoms with E-state index in [-0.39, 0.29) is 29.3 Å². The third-order valence-electron chi connectivity index (χ3n) is 5.27. The van der Waals surface area contributed by atoms with E-state index in [1.165, 1.54) is 24.3 Å². The molecule has 0 N–H and O–H groups in total. The molecule has 36 heavy (non-hydrogen) atoms. The molecule has 3 aromatic rings. The zero-order chi connectivity index (χ0) is 25.7. The highest BCUT2D eigenvalue weighted by Gasteiger charge is 2.35. The summed E-state index contributed by atoms with van der Waals surface area (Å²) in [6.45, 7) is 2.22. The number of nitro benzene ring substituents is 1. The van der Waals surface area contributed by atoms with Crippen molar-refractivity contribution in [1.82, 2.24) is 4.90 Å². The number of ether oxygens (including phenoxy) is 2. The van der Waals surface area contributed by atoms with Crippen molar-refractivity contribution < 1.29 is 28.4 Å². The summed E-state index contributed by atoms with van der Waals surface area (Å²) in [4.78, 5) is 36.8. The Kier molecular flexibility index (Phi) is 7.65. The lowest BCUT2D eigenvalue weighted by atomic mass is 10.1. The Morgan fingerprint density at radius 3 is 2.47 bits per heavy atom. The quantitative estimate of drug-likeness (QED) is 0.200. The monoisotopic (exact) mass is 508 g/mol. The lowest BCUT2D eigenvalue weighted by molar-refractivity contribution is -0.384. The molecule has 184 valence electrons. The number of amides is 2. The molecule has 1 fully saturated rings. The van der Waals surface area contributed by atoms with Gasteiger partial charge in [-0.15, -0.1) is 0 Å². The van der Waals surface area contributed by atoms with Gasteiger partial charge in [-0.3, -0.25) is 24.6 Å². The number of nitro groups is 1. The minimum atomic E-state index is -0.496. The van der Waals surface area contributed by atoms with E-state index < -0.39 is 21.9 Å². The third-order valence-corrected chi connectivity index (χ3v) is 6.17. The molecular formula is C26H21FN2O6S. The number of benzene rings is 3. The molecular weight excluding hydrogens is 487 g/mol. The summed E-state index contributed by atoms with van der Waals surface area (Å²) in [5, 5.41) is 10.3. The summed E-state index contributed by atoms with van der Waals surface area (Å²) in [5.41, 5.74) is 1.62. The highest BCUT2D eigenvalue weighted by atomic mass is 32.2. The predicted molar refractivity (Wildman–Crippen MR) is 133 cm³/mol. The standard InChI is InChI=1S/C26H21FN2O6S/c1-2-34-23-13-18(9-12-22(23)35-16-17-7-10-20(11-8-17)29(32)33)14-24-25(30)28(26(31)36-24)15-19-5-3-4-6-21(19)27/h3-14H,2,15-16H2,1H3/b24-14-. The average molecular weight is 509 g/mol. The van der Waals surface area contributed by atoms with E-state index in [9.17, 15) is 24.1 Å². The van der Waals surface area contributed by atoms with Crippen LogP contribution in [0, 0.1) is 15.9 Å². The van der Waals surface area contributed by atoms with Gasteiger partial charge in [0.05, 0.1) is 23.0 Å². The van der Waals surface area contributed by atoms with E-state index in [0.29, 0.717) is 23.7 Å². The fourth-order valence-corrected chi connectivity index (χ4v) is 4.30. The molecule has 0 spiro atoms. The van der Waals surface area contributed by atoms with Crippen LogP contribution >= 0.6 is 11.8 Å². The predicted octanol–water partition coefficient (Wildman–Crippen LogP) is 5.95. The molecule has 4 rings (SSSR count). The molecule has 0 radical (unpaired) electrons. The average Bonchev–Trinajstić information content (AvgIpc) is 3.12. The molecule has 1 saturated heterocycles. The number of carbonyl (C=O) groups excluding carboxylic acids is 2. The molecule has 0 bridgehead atoms. The molecule has 0 atom stereocenters. The minimum absolute atomic E-state index is 0.00331. The Morgan fingerprint density at radius 2 is 1.78 bits per heavy atom. The molecule has 0 saturated carbocycles. The summed E-state index contributed by atoms with van der Waals surface area (Å²) in [6, 6.07) is 17.2. The van der Waals surface area contributed by atoms with E-state index in [1.807, 2.05) is 6.92 Å². The molecule has 10 heteroatoms. The summed E-state index contributed by atoms with van der Waals surface area (Å²) >= 11 is 0.792. The van der Waals surface area contributed by atoms with Crippen LogP contribution in [0.25, 0.3) is 6.08 Å². The smallest absolute Gasteiger partial charge is 0.293 e. The first-order valence-electron chi connectivity index (χ1n) is 11.0. The number of carbonyl (C=O) groups is 2. The lowest BCUT2D eigenvalue weighted by Crippen LogP contribution is -2.27. The lowest BCUT2D eigenvalue weighted by Gasteiger charge is -2.13. The molecule has 1 aliphatic heterocycles. The number of imide groups is 1. The summed E-state index contributed by atoms with van der Waals surface area (Å²) in [7, 11) is 0. The van der Waals surface area contributed by atoms with Gasteiger partial charge in [-0.25, -0.2) is 4.39 Å². The van der Waals surface area contributed by atoms with Crippen LogP contribution in [0.15, 0.2) is 71.6 Å². The Hall–Kier alpha value is -4.18. The van der Waals surface area contributed by atoms with Crippen molar-refractivity contribution >= 4 is 34.7 Å². The normalized spacial score (nSPS) is 14.4. The molecule has 1 aliphatic rings. The number of hydrogen-bond acceptors (Lipinski definition) is 7. The van der Waals surface area contributed by atoms with Crippen LogP contribution in [0.3, 0.4) is 0 Å². The number of nitrogens with zero attached hydrogens (tertiary/aromatic N) is 2. The number of halogens is 1. The first-order valence-corrected chi connectivity index (χ1v) is 11.8. The SMILES string of the molecule is CCOc1cc(/C=C2\SC(=O)N(Cc3ccccc3F)C2=O)ccc1OCc1ccc([N+](=O)[O-])cc1. The second-order valence-electron chi connectivity index (χ2n) is 7.71. The maximum absolute atomic E-state index is 14.0. The number of thioether (sulfide) groups is 1. The third kappa shape index (κ3) is 5.72. The summed E-state index contributed by atoms with van der Waals surface area (Å²) in [5.74, 6) is -0.0744. The number of non-ortho nitro benzene ring substituents is 1. The van der Waals surface area contributed by atoms with Gasteiger partial charge in [0.2, 0.25) is 0 Å². The molecule has 0 aliphatic carbocycles. The highest BCUT2D eigenvalue weighted by molar-refractivity contribution is 8.18. The van der Waals surface area contributed by atoms with Crippen LogP contribution in [0.1, 0.15) is 23.6 Å². The zero-order valence-corrected chi connectivity index (χ0v) is 20.0. The largest absolute Gasteiger partial charge is 0.490 e. The van der Waals surface area contributed by atoms with Crippen molar-refractivity contribution in [3.05, 3.63) is 104 Å². The van der Waals surface area contributed by atoms with Crippen molar-refractivity contribution in [3.8, 4) is 11.5 Å². The van der Waals surface area contributed by atoms with E-state index in [4.69, 9.17) is 9.47 Å². The maximum atomic E-state index is 14.0. The van der Waals surface area contributed by atoms with Gasteiger partial charge in [-0.05, 0) is 66.2 Å². The molecule has 1 heterocycles. The highest BCUT2D eigenvalue weighted by Crippen LogP contribution is 2.36. The Bertz CT molecular complexity index is 1340. The van der Waals surface area contributed by atoms with Gasteiger partial charge in [0.1, 0.15) is 12.4 Å². The van der Waals surface area contributed by atoms with Crippen LogP contribution in [0.2, 0.25) is 0 Å². The van der Waals surface area contributed by atoms with Gasteiger partial charge in [-0.1, -0.05) is 24.3 Å². The zero-order valence-electron chi connectivity index (χ0n) is 19.2. The van der Waals surface area contributed by atoms with Crippen LogP contribution in [0.5, 0.6) is 11.5 Å². The topological polar surface area (TPSA) is 99.0 Å². The van der Waals surface area contributed by atoms with Crippen molar-refractivity contribution in [2.45, 2.75) is 20.1 Å². The fraction of sp³-hybridized carbons (Fsp3) is 0.154. The van der Waals surface area contributed by atoms with Gasteiger partial charge in [0.25, 0.3) is 16.8 Å². The van der Waals surface area contributed by atoms with Gasteiger partial charge in [0, 0.05) is 17.7 Å². The number of rotatable bonds is 9. The maximum Gasteiger partial charge on any atom is 0.293 e. The van der Waals surface area contributed by atoms with Crippen LogP contribution in [0.4, 0.5) is 14.9 Å². The van der Waals surface area contributed by atoms with Crippen molar-refractivity contribution in [2.24, 2.45) is 0 Å².